The van der Waals surface area contributed by atoms with Gasteiger partial charge in [-0.3, -0.25) is 14.5 Å². The highest BCUT2D eigenvalue weighted by molar-refractivity contribution is 5.92. The molecular formula is C18H27N3O2. The molecule has 2 rings (SSSR count). The van der Waals surface area contributed by atoms with Crippen LogP contribution in [0.15, 0.2) is 18.2 Å². The van der Waals surface area contributed by atoms with E-state index in [-0.39, 0.29) is 17.7 Å². The summed E-state index contributed by atoms with van der Waals surface area (Å²) >= 11 is 0. The summed E-state index contributed by atoms with van der Waals surface area (Å²) in [5, 5.41) is 5.83. The van der Waals surface area contributed by atoms with E-state index in [4.69, 9.17) is 0 Å². The molecule has 1 aliphatic heterocycles. The molecule has 23 heavy (non-hydrogen) atoms. The standard InChI is InChI=1S/C18H27N3O2/c1-4-19-18(23)15-7-9-21(10-8-15)12-17(22)20-16-6-5-13(2)14(3)11-16/h5-6,11,15H,4,7-10,12H2,1-3H3,(H,19,23)(H,20,22). The Bertz CT molecular complexity index is 563. The van der Waals surface area contributed by atoms with Gasteiger partial charge in [-0.25, -0.2) is 0 Å². The number of nitrogens with one attached hydrogen (secondary N) is 2. The molecule has 2 amide bonds. The van der Waals surface area contributed by atoms with Gasteiger partial charge in [0.15, 0.2) is 0 Å². The number of hydrogen-bond donors (Lipinski definition) is 2. The lowest BCUT2D eigenvalue weighted by molar-refractivity contribution is -0.126. The van der Waals surface area contributed by atoms with E-state index in [1.54, 1.807) is 0 Å². The summed E-state index contributed by atoms with van der Waals surface area (Å²) in [6.45, 7) is 8.68. The highest BCUT2D eigenvalue weighted by Gasteiger charge is 2.25. The summed E-state index contributed by atoms with van der Waals surface area (Å²) in [5.41, 5.74) is 3.23. The molecule has 0 bridgehead atoms. The zero-order valence-electron chi connectivity index (χ0n) is 14.3. The molecule has 0 atom stereocenters. The minimum atomic E-state index is 0.00436. The van der Waals surface area contributed by atoms with E-state index in [0.29, 0.717) is 13.1 Å². The zero-order valence-corrected chi connectivity index (χ0v) is 14.3. The highest BCUT2D eigenvalue weighted by atomic mass is 16.2. The van der Waals surface area contributed by atoms with Crippen LogP contribution in [0.25, 0.3) is 0 Å². The number of nitrogens with zero attached hydrogens (tertiary/aromatic N) is 1. The van der Waals surface area contributed by atoms with Crippen LogP contribution < -0.4 is 10.6 Å². The first-order chi connectivity index (χ1) is 11.0. The lowest BCUT2D eigenvalue weighted by Crippen LogP contribution is -2.43. The van der Waals surface area contributed by atoms with Gasteiger partial charge in [-0.05, 0) is 70.0 Å². The first-order valence-electron chi connectivity index (χ1n) is 8.36. The Morgan fingerprint density at radius 2 is 1.87 bits per heavy atom. The second kappa shape index (κ2) is 8.11. The molecule has 5 heteroatoms. The van der Waals surface area contributed by atoms with E-state index in [1.807, 2.05) is 32.0 Å². The molecule has 1 aromatic rings. The van der Waals surface area contributed by atoms with Crippen molar-refractivity contribution in [1.29, 1.82) is 0 Å². The molecule has 1 fully saturated rings. The maximum Gasteiger partial charge on any atom is 0.238 e. The van der Waals surface area contributed by atoms with Crippen molar-refractivity contribution < 1.29 is 9.59 Å². The van der Waals surface area contributed by atoms with Crippen molar-refractivity contribution in [2.24, 2.45) is 5.92 Å². The number of rotatable bonds is 5. The van der Waals surface area contributed by atoms with Gasteiger partial charge < -0.3 is 10.6 Å². The van der Waals surface area contributed by atoms with E-state index >= 15 is 0 Å². The average Bonchev–Trinajstić information content (AvgIpc) is 2.52. The van der Waals surface area contributed by atoms with Crippen molar-refractivity contribution >= 4 is 17.5 Å². The van der Waals surface area contributed by atoms with Crippen LogP contribution in [0, 0.1) is 19.8 Å². The number of benzene rings is 1. The van der Waals surface area contributed by atoms with Crippen LogP contribution in [0.2, 0.25) is 0 Å². The van der Waals surface area contributed by atoms with Gasteiger partial charge in [0.25, 0.3) is 0 Å². The van der Waals surface area contributed by atoms with Gasteiger partial charge in [-0.1, -0.05) is 6.07 Å². The van der Waals surface area contributed by atoms with Crippen LogP contribution >= 0.6 is 0 Å². The van der Waals surface area contributed by atoms with Gasteiger partial charge >= 0.3 is 0 Å². The molecule has 126 valence electrons. The number of piperidine rings is 1. The summed E-state index contributed by atoms with van der Waals surface area (Å²) in [6.07, 6.45) is 1.64. The molecule has 0 unspecified atom stereocenters. The molecular weight excluding hydrogens is 290 g/mol. The van der Waals surface area contributed by atoms with Crippen LogP contribution in [-0.4, -0.2) is 42.9 Å². The molecule has 1 aromatic carbocycles. The highest BCUT2D eigenvalue weighted by Crippen LogP contribution is 2.18. The van der Waals surface area contributed by atoms with E-state index < -0.39 is 0 Å². The van der Waals surface area contributed by atoms with E-state index in [2.05, 4.69) is 22.5 Å². The van der Waals surface area contributed by atoms with Crippen LogP contribution in [-0.2, 0) is 9.59 Å². The minimum Gasteiger partial charge on any atom is -0.356 e. The third kappa shape index (κ3) is 5.06. The van der Waals surface area contributed by atoms with Gasteiger partial charge in [-0.2, -0.15) is 0 Å². The smallest absolute Gasteiger partial charge is 0.238 e. The number of carbonyl (C=O) groups excluding carboxylic acids is 2. The summed E-state index contributed by atoms with van der Waals surface area (Å²) in [5.74, 6) is 0.241. The Morgan fingerprint density at radius 3 is 2.48 bits per heavy atom. The number of aryl methyl sites for hydroxylation is 2. The number of hydrogen-bond acceptors (Lipinski definition) is 3. The number of anilines is 1. The predicted molar refractivity (Wildman–Crippen MR) is 92.4 cm³/mol. The fraction of sp³-hybridized carbons (Fsp3) is 0.556. The van der Waals surface area contributed by atoms with Crippen molar-refractivity contribution in [2.75, 3.05) is 31.5 Å². The maximum absolute atomic E-state index is 12.2. The number of amides is 2. The predicted octanol–water partition coefficient (Wildman–Crippen LogP) is 2.09. The zero-order chi connectivity index (χ0) is 16.8. The maximum atomic E-state index is 12.2. The summed E-state index contributed by atoms with van der Waals surface area (Å²) in [6, 6.07) is 5.94. The lowest BCUT2D eigenvalue weighted by atomic mass is 9.96. The summed E-state index contributed by atoms with van der Waals surface area (Å²) in [4.78, 5) is 26.1. The fourth-order valence-corrected chi connectivity index (χ4v) is 2.89. The summed E-state index contributed by atoms with van der Waals surface area (Å²) in [7, 11) is 0. The first kappa shape index (κ1) is 17.5. The Balaban J connectivity index is 1.78. The third-order valence-corrected chi connectivity index (χ3v) is 4.47. The summed E-state index contributed by atoms with van der Waals surface area (Å²) < 4.78 is 0. The van der Waals surface area contributed by atoms with E-state index in [1.165, 1.54) is 11.1 Å². The minimum absolute atomic E-state index is 0.00436. The Hall–Kier alpha value is -1.88. The van der Waals surface area contributed by atoms with Crippen LogP contribution in [0.5, 0.6) is 0 Å². The quantitative estimate of drug-likeness (QED) is 0.874. The largest absolute Gasteiger partial charge is 0.356 e. The van der Waals surface area contributed by atoms with Gasteiger partial charge in [0.2, 0.25) is 11.8 Å². The Morgan fingerprint density at radius 1 is 1.17 bits per heavy atom. The fourth-order valence-electron chi connectivity index (χ4n) is 2.89. The van der Waals surface area contributed by atoms with Crippen LogP contribution in [0.3, 0.4) is 0 Å². The molecule has 1 heterocycles. The average molecular weight is 317 g/mol. The molecule has 2 N–H and O–H groups in total. The SMILES string of the molecule is CCNC(=O)C1CCN(CC(=O)Nc2ccc(C)c(C)c2)CC1. The van der Waals surface area contributed by atoms with E-state index in [9.17, 15) is 9.59 Å². The molecule has 5 nitrogen and oxygen atoms in total. The molecule has 0 saturated carbocycles. The second-order valence-corrected chi connectivity index (χ2v) is 6.29. The van der Waals surface area contributed by atoms with Crippen LogP contribution in [0.4, 0.5) is 5.69 Å². The number of carbonyl (C=O) groups is 2. The second-order valence-electron chi connectivity index (χ2n) is 6.29. The van der Waals surface area contributed by atoms with Crippen LogP contribution in [0.1, 0.15) is 30.9 Å². The molecule has 1 saturated heterocycles. The molecule has 0 aliphatic carbocycles. The van der Waals surface area contributed by atoms with Crippen molar-refractivity contribution in [3.8, 4) is 0 Å². The van der Waals surface area contributed by atoms with Crippen molar-refractivity contribution in [2.45, 2.75) is 33.6 Å². The van der Waals surface area contributed by atoms with Gasteiger partial charge in [-0.15, -0.1) is 0 Å². The van der Waals surface area contributed by atoms with Crippen molar-refractivity contribution in [3.63, 3.8) is 0 Å². The normalized spacial score (nSPS) is 16.1. The van der Waals surface area contributed by atoms with Gasteiger partial charge in [0.1, 0.15) is 0 Å². The topological polar surface area (TPSA) is 61.4 Å². The molecule has 1 aliphatic rings. The van der Waals surface area contributed by atoms with Gasteiger partial charge in [0.05, 0.1) is 6.54 Å². The third-order valence-electron chi connectivity index (χ3n) is 4.47. The van der Waals surface area contributed by atoms with E-state index in [0.717, 1.165) is 31.6 Å². The lowest BCUT2D eigenvalue weighted by Gasteiger charge is -2.30. The Kier molecular flexibility index (Phi) is 6.16. The monoisotopic (exact) mass is 317 g/mol. The molecule has 0 radical (unpaired) electrons. The number of likely N-dealkylation sites (tertiary alicyclic amines) is 1. The first-order valence-corrected chi connectivity index (χ1v) is 8.36. The molecule has 0 aromatic heterocycles. The van der Waals surface area contributed by atoms with Crippen molar-refractivity contribution in [3.05, 3.63) is 29.3 Å². The van der Waals surface area contributed by atoms with Crippen molar-refractivity contribution in [1.82, 2.24) is 10.2 Å². The Labute approximate surface area is 138 Å². The molecule has 0 spiro atoms. The van der Waals surface area contributed by atoms with Gasteiger partial charge in [0, 0.05) is 18.2 Å².